The van der Waals surface area contributed by atoms with E-state index in [1.807, 2.05) is 13.8 Å². The van der Waals surface area contributed by atoms with Crippen molar-refractivity contribution in [1.82, 2.24) is 0 Å². The summed E-state index contributed by atoms with van der Waals surface area (Å²) in [6.45, 7) is 20.3. The number of amides is 2. The third kappa shape index (κ3) is 21.1. The summed E-state index contributed by atoms with van der Waals surface area (Å²) >= 11 is 0. The van der Waals surface area contributed by atoms with Crippen LogP contribution in [0.1, 0.15) is 93.9 Å². The molecule has 0 saturated heterocycles. The SMILES string of the molecule is C/C=C(/CC(CC)C(N)=O)C(=O)OCC[N+](C)(C)CC.CCC(CC(C)C(=O)OCC[N+](C)(C)CC)C(N)=O.CCC1CC(C)C([NH2+]C)=N1. The fraction of sp³-hybridized carbons (Fsp3) is 0.811. The molecule has 5 unspecified atom stereocenters. The smallest absolute Gasteiger partial charge is 0.333 e. The van der Waals surface area contributed by atoms with Gasteiger partial charge in [-0.05, 0) is 59.3 Å². The Morgan fingerprint density at radius 1 is 0.898 bits per heavy atom. The van der Waals surface area contributed by atoms with Gasteiger partial charge in [0.1, 0.15) is 26.3 Å². The number of hydrogen-bond donors (Lipinski definition) is 3. The minimum atomic E-state index is -0.372. The van der Waals surface area contributed by atoms with Crippen molar-refractivity contribution in [2.45, 2.75) is 100.0 Å². The first-order valence-corrected chi connectivity index (χ1v) is 18.4. The predicted molar refractivity (Wildman–Crippen MR) is 198 cm³/mol. The Labute approximate surface area is 298 Å². The number of carbonyl (C=O) groups is 4. The lowest BCUT2D eigenvalue weighted by Gasteiger charge is -2.28. The summed E-state index contributed by atoms with van der Waals surface area (Å²) in [5, 5.41) is 2.14. The van der Waals surface area contributed by atoms with Crippen LogP contribution in [0.25, 0.3) is 0 Å². The van der Waals surface area contributed by atoms with Gasteiger partial charge in [-0.3, -0.25) is 14.4 Å². The number of quaternary nitrogens is 3. The largest absolute Gasteiger partial charge is 0.459 e. The molecule has 6 N–H and O–H groups in total. The number of ether oxygens (including phenoxy) is 2. The molecule has 12 nitrogen and oxygen atoms in total. The molecule has 5 atom stereocenters. The van der Waals surface area contributed by atoms with E-state index < -0.39 is 0 Å². The van der Waals surface area contributed by atoms with Crippen molar-refractivity contribution in [3.8, 4) is 0 Å². The maximum absolute atomic E-state index is 12.0. The van der Waals surface area contributed by atoms with Gasteiger partial charge in [0, 0.05) is 17.4 Å². The van der Waals surface area contributed by atoms with Crippen molar-refractivity contribution < 1.29 is 42.9 Å². The minimum Gasteiger partial charge on any atom is -0.459 e. The van der Waals surface area contributed by atoms with Crippen LogP contribution in [0, 0.1) is 23.7 Å². The van der Waals surface area contributed by atoms with Crippen LogP contribution in [-0.4, -0.2) is 119 Å². The van der Waals surface area contributed by atoms with Crippen LogP contribution in [0.15, 0.2) is 16.6 Å². The first kappa shape index (κ1) is 48.3. The number of aliphatic imine (C=N–C) groups is 1. The molecule has 0 saturated carbocycles. The quantitative estimate of drug-likeness (QED) is 0.106. The van der Waals surface area contributed by atoms with Gasteiger partial charge in [0.2, 0.25) is 11.8 Å². The number of carbonyl (C=O) groups excluding carboxylic acids is 4. The predicted octanol–water partition coefficient (Wildman–Crippen LogP) is 3.03. The Morgan fingerprint density at radius 3 is 1.73 bits per heavy atom. The zero-order valence-corrected chi connectivity index (χ0v) is 33.5. The van der Waals surface area contributed by atoms with E-state index in [0.717, 1.165) is 35.1 Å². The van der Waals surface area contributed by atoms with E-state index in [4.69, 9.17) is 20.9 Å². The molecule has 12 heteroatoms. The standard InChI is InChI=1S/C15H28N2O3.C14H28N2O3.C8H16N2/c1-6-12(14(16)18)11-13(7-2)15(19)20-10-9-17(4,5)8-3;1-6-12(13(15)17)10-11(3)14(18)19-9-8-16(4,5)7-2;1-4-7-5-6(2)8(9-3)10-7/h7,12H,6,8-11H2,1-5H3,(H-,16,18);11-12H,6-10H2,1-5H3,(H-,15,17);6-7H,4-5H2,1-3H3,(H,9,10)/p+3/b13-7-;;. The van der Waals surface area contributed by atoms with Gasteiger partial charge in [-0.25, -0.2) is 9.79 Å². The molecule has 0 aliphatic carbocycles. The molecule has 0 aromatic heterocycles. The summed E-state index contributed by atoms with van der Waals surface area (Å²) in [6, 6.07) is 0.612. The van der Waals surface area contributed by atoms with Gasteiger partial charge < -0.3 is 35.2 Å². The fourth-order valence-corrected chi connectivity index (χ4v) is 4.90. The molecule has 286 valence electrons. The van der Waals surface area contributed by atoms with Crippen molar-refractivity contribution in [3.05, 3.63) is 11.6 Å². The van der Waals surface area contributed by atoms with E-state index in [2.05, 4.69) is 73.2 Å². The molecule has 1 aliphatic heterocycles. The van der Waals surface area contributed by atoms with Gasteiger partial charge in [-0.2, -0.15) is 0 Å². The number of nitrogens with zero attached hydrogens (tertiary/aromatic N) is 3. The molecule has 0 fully saturated rings. The highest BCUT2D eigenvalue weighted by Crippen LogP contribution is 2.19. The Hall–Kier alpha value is -2.83. The van der Waals surface area contributed by atoms with Gasteiger partial charge in [0.25, 0.3) is 0 Å². The van der Waals surface area contributed by atoms with Crippen molar-refractivity contribution in [2.24, 2.45) is 40.1 Å². The zero-order chi connectivity index (χ0) is 38.4. The van der Waals surface area contributed by atoms with Gasteiger partial charge in [0.15, 0.2) is 5.84 Å². The molecule has 0 aromatic rings. The molecule has 0 spiro atoms. The van der Waals surface area contributed by atoms with Crippen LogP contribution < -0.4 is 16.8 Å². The monoisotopic (exact) mass is 700 g/mol. The highest BCUT2D eigenvalue weighted by molar-refractivity contribution is 5.89. The number of hydrogen-bond acceptors (Lipinski definition) is 7. The molecule has 49 heavy (non-hydrogen) atoms. The maximum Gasteiger partial charge on any atom is 0.333 e. The molecule has 1 rings (SSSR count). The van der Waals surface area contributed by atoms with E-state index in [0.29, 0.717) is 56.4 Å². The second-order valence-corrected chi connectivity index (χ2v) is 14.5. The lowest BCUT2D eigenvalue weighted by molar-refractivity contribution is -0.888. The summed E-state index contributed by atoms with van der Waals surface area (Å²) < 4.78 is 12.2. The number of allylic oxidation sites excluding steroid dienone is 1. The molecular formula is C37H75N6O6+3. The number of likely N-dealkylation sites (N-methyl/N-ethyl adjacent to an activating group) is 2. The number of primary amides is 2. The van der Waals surface area contributed by atoms with Crippen LogP contribution in [-0.2, 0) is 28.7 Å². The van der Waals surface area contributed by atoms with Crippen molar-refractivity contribution in [2.75, 3.05) is 74.6 Å². The summed E-state index contributed by atoms with van der Waals surface area (Å²) in [5.74, 6) is -0.119. The Morgan fingerprint density at radius 2 is 1.39 bits per heavy atom. The molecule has 1 heterocycles. The molecule has 0 radical (unpaired) electrons. The zero-order valence-electron chi connectivity index (χ0n) is 33.5. The topological polar surface area (TPSA) is 168 Å². The van der Waals surface area contributed by atoms with Crippen LogP contribution in [0.4, 0.5) is 0 Å². The normalized spacial score (nSPS) is 18.1. The van der Waals surface area contributed by atoms with Crippen LogP contribution >= 0.6 is 0 Å². The number of amidine groups is 1. The van der Waals surface area contributed by atoms with Gasteiger partial charge in [-0.1, -0.05) is 40.7 Å². The third-order valence-corrected chi connectivity index (χ3v) is 9.72. The van der Waals surface area contributed by atoms with Crippen LogP contribution in [0.3, 0.4) is 0 Å². The highest BCUT2D eigenvalue weighted by atomic mass is 16.5. The van der Waals surface area contributed by atoms with E-state index in [1.165, 1.54) is 18.7 Å². The van der Waals surface area contributed by atoms with Crippen molar-refractivity contribution in [1.29, 1.82) is 0 Å². The van der Waals surface area contributed by atoms with E-state index in [9.17, 15) is 19.2 Å². The van der Waals surface area contributed by atoms with E-state index >= 15 is 0 Å². The minimum absolute atomic E-state index is 0.240. The summed E-state index contributed by atoms with van der Waals surface area (Å²) in [5.41, 5.74) is 11.1. The summed E-state index contributed by atoms with van der Waals surface area (Å²) in [6.07, 6.45) is 6.27. The summed E-state index contributed by atoms with van der Waals surface area (Å²) in [4.78, 5) is 50.7. The van der Waals surface area contributed by atoms with Crippen LogP contribution in [0.5, 0.6) is 0 Å². The fourth-order valence-electron chi connectivity index (χ4n) is 4.90. The first-order valence-electron chi connectivity index (χ1n) is 18.4. The van der Waals surface area contributed by atoms with Gasteiger partial charge >= 0.3 is 11.9 Å². The average molecular weight is 700 g/mol. The van der Waals surface area contributed by atoms with Gasteiger partial charge in [-0.15, -0.1) is 0 Å². The first-order chi connectivity index (χ1) is 22.8. The molecule has 2 amide bonds. The number of nitrogens with two attached hydrogens (primary N) is 3. The van der Waals surface area contributed by atoms with E-state index in [-0.39, 0.29) is 41.5 Å². The Bertz CT molecular complexity index is 1060. The van der Waals surface area contributed by atoms with E-state index in [1.54, 1.807) is 19.9 Å². The molecule has 1 aliphatic rings. The second kappa shape index (κ2) is 25.2. The van der Waals surface area contributed by atoms with Crippen LogP contribution in [0.2, 0.25) is 0 Å². The molecule has 0 aromatic carbocycles. The maximum atomic E-state index is 12.0. The molecular weight excluding hydrogens is 624 g/mol. The highest BCUT2D eigenvalue weighted by Gasteiger charge is 2.26. The second-order valence-electron chi connectivity index (χ2n) is 14.5. The number of esters is 2. The number of rotatable bonds is 19. The lowest BCUT2D eigenvalue weighted by Crippen LogP contribution is -2.84. The third-order valence-electron chi connectivity index (χ3n) is 9.72. The van der Waals surface area contributed by atoms with Crippen molar-refractivity contribution >= 4 is 29.6 Å². The Balaban J connectivity index is 0. The average Bonchev–Trinajstić information content (AvgIpc) is 3.43. The lowest BCUT2D eigenvalue weighted by atomic mass is 9.93. The Kier molecular flexibility index (Phi) is 24.8. The van der Waals surface area contributed by atoms with Gasteiger partial charge in [0.05, 0.1) is 66.2 Å². The summed E-state index contributed by atoms with van der Waals surface area (Å²) in [7, 11) is 10.4. The van der Waals surface area contributed by atoms with Crippen molar-refractivity contribution in [3.63, 3.8) is 0 Å². The molecule has 0 bridgehead atoms.